The van der Waals surface area contributed by atoms with Crippen LogP contribution in [-0.2, 0) is 0 Å². The molecule has 0 aliphatic carbocycles. The van der Waals surface area contributed by atoms with Gasteiger partial charge in [0, 0.05) is 10.0 Å². The summed E-state index contributed by atoms with van der Waals surface area (Å²) in [6, 6.07) is 8.11. The average Bonchev–Trinajstić information content (AvgIpc) is 2.88. The van der Waals surface area contributed by atoms with E-state index in [4.69, 9.17) is 16.0 Å². The fourth-order valence-electron chi connectivity index (χ4n) is 1.85. The van der Waals surface area contributed by atoms with E-state index in [1.54, 1.807) is 12.5 Å². The van der Waals surface area contributed by atoms with Crippen LogP contribution in [0.5, 0.6) is 0 Å². The van der Waals surface area contributed by atoms with Gasteiger partial charge in [-0.05, 0) is 52.7 Å². The molecule has 0 aliphatic rings. The van der Waals surface area contributed by atoms with E-state index in [1.165, 1.54) is 0 Å². The van der Waals surface area contributed by atoms with Gasteiger partial charge in [-0.15, -0.1) is 0 Å². The molecule has 2 rings (SSSR count). The Morgan fingerprint density at radius 3 is 2.78 bits per heavy atom. The average molecular weight is 329 g/mol. The summed E-state index contributed by atoms with van der Waals surface area (Å²) in [5.74, 6) is 0. The van der Waals surface area contributed by atoms with Crippen LogP contribution >= 0.6 is 27.5 Å². The van der Waals surface area contributed by atoms with Crippen molar-refractivity contribution in [1.82, 2.24) is 5.32 Å². The van der Waals surface area contributed by atoms with Crippen molar-refractivity contribution in [2.45, 2.75) is 19.4 Å². The standard InChI is InChI=1S/C14H15BrClNO/c1-2-6-17-14(11-5-7-18-9-11)10-3-4-12(15)13(16)8-10/h3-5,7-9,14,17H,2,6H2,1H3. The van der Waals surface area contributed by atoms with E-state index in [2.05, 4.69) is 34.2 Å². The third-order valence-corrected chi connectivity index (χ3v) is 3.98. The summed E-state index contributed by atoms with van der Waals surface area (Å²) >= 11 is 9.56. The van der Waals surface area contributed by atoms with Crippen LogP contribution in [0.1, 0.15) is 30.5 Å². The number of halogens is 2. The van der Waals surface area contributed by atoms with E-state index in [-0.39, 0.29) is 6.04 Å². The van der Waals surface area contributed by atoms with Crippen molar-refractivity contribution in [3.63, 3.8) is 0 Å². The van der Waals surface area contributed by atoms with Gasteiger partial charge in [-0.3, -0.25) is 0 Å². The number of nitrogens with one attached hydrogen (secondary N) is 1. The van der Waals surface area contributed by atoms with Gasteiger partial charge in [0.2, 0.25) is 0 Å². The fourth-order valence-corrected chi connectivity index (χ4v) is 2.28. The quantitative estimate of drug-likeness (QED) is 0.854. The molecule has 0 amide bonds. The molecule has 0 spiro atoms. The minimum absolute atomic E-state index is 0.120. The Morgan fingerprint density at radius 2 is 2.17 bits per heavy atom. The topological polar surface area (TPSA) is 25.2 Å². The van der Waals surface area contributed by atoms with Gasteiger partial charge in [0.15, 0.2) is 0 Å². The van der Waals surface area contributed by atoms with E-state index in [0.717, 1.165) is 33.6 Å². The molecule has 2 nitrogen and oxygen atoms in total. The molecular weight excluding hydrogens is 314 g/mol. The summed E-state index contributed by atoms with van der Waals surface area (Å²) in [6.07, 6.45) is 4.54. The molecule has 1 unspecified atom stereocenters. The van der Waals surface area contributed by atoms with Crippen LogP contribution in [0.3, 0.4) is 0 Å². The molecule has 18 heavy (non-hydrogen) atoms. The van der Waals surface area contributed by atoms with Crippen molar-refractivity contribution in [1.29, 1.82) is 0 Å². The van der Waals surface area contributed by atoms with Crippen molar-refractivity contribution in [2.75, 3.05) is 6.54 Å². The second kappa shape index (κ2) is 6.41. The fraction of sp³-hybridized carbons (Fsp3) is 0.286. The normalized spacial score (nSPS) is 12.6. The summed E-state index contributed by atoms with van der Waals surface area (Å²) in [5.41, 5.74) is 2.25. The molecule has 2 aromatic rings. The summed E-state index contributed by atoms with van der Waals surface area (Å²) in [7, 11) is 0. The molecule has 4 heteroatoms. The summed E-state index contributed by atoms with van der Waals surface area (Å²) in [4.78, 5) is 0. The second-order valence-electron chi connectivity index (χ2n) is 4.12. The lowest BCUT2D eigenvalue weighted by Gasteiger charge is -2.18. The van der Waals surface area contributed by atoms with Crippen LogP contribution in [0.25, 0.3) is 0 Å². The largest absolute Gasteiger partial charge is 0.472 e. The molecule has 1 heterocycles. The Labute approximate surface area is 120 Å². The first-order valence-corrected chi connectivity index (χ1v) is 7.10. The molecule has 1 aromatic carbocycles. The van der Waals surface area contributed by atoms with Gasteiger partial charge in [0.05, 0.1) is 23.6 Å². The zero-order chi connectivity index (χ0) is 13.0. The minimum Gasteiger partial charge on any atom is -0.472 e. The van der Waals surface area contributed by atoms with Gasteiger partial charge in [0.1, 0.15) is 0 Å². The highest BCUT2D eigenvalue weighted by Gasteiger charge is 2.15. The predicted molar refractivity (Wildman–Crippen MR) is 78.0 cm³/mol. The maximum Gasteiger partial charge on any atom is 0.0953 e. The van der Waals surface area contributed by atoms with Crippen molar-refractivity contribution < 1.29 is 4.42 Å². The van der Waals surface area contributed by atoms with E-state index >= 15 is 0 Å². The Hall–Kier alpha value is -0.770. The van der Waals surface area contributed by atoms with Crippen molar-refractivity contribution in [2.24, 2.45) is 0 Å². The summed E-state index contributed by atoms with van der Waals surface area (Å²) in [5, 5.41) is 4.22. The van der Waals surface area contributed by atoms with Crippen LogP contribution in [0.15, 0.2) is 45.7 Å². The molecule has 1 atom stereocenters. The monoisotopic (exact) mass is 327 g/mol. The van der Waals surface area contributed by atoms with Crippen LogP contribution < -0.4 is 5.32 Å². The highest BCUT2D eigenvalue weighted by atomic mass is 79.9. The van der Waals surface area contributed by atoms with E-state index in [9.17, 15) is 0 Å². The van der Waals surface area contributed by atoms with Crippen LogP contribution in [0.4, 0.5) is 0 Å². The Balaban J connectivity index is 2.30. The first-order valence-electron chi connectivity index (χ1n) is 5.92. The molecule has 0 aliphatic heterocycles. The van der Waals surface area contributed by atoms with Crippen LogP contribution in [0.2, 0.25) is 5.02 Å². The van der Waals surface area contributed by atoms with Gasteiger partial charge >= 0.3 is 0 Å². The Bertz CT molecular complexity index is 499. The third-order valence-electron chi connectivity index (χ3n) is 2.75. The number of benzene rings is 1. The highest BCUT2D eigenvalue weighted by Crippen LogP contribution is 2.29. The Morgan fingerprint density at radius 1 is 1.33 bits per heavy atom. The molecule has 0 fully saturated rings. The van der Waals surface area contributed by atoms with Gasteiger partial charge in [0.25, 0.3) is 0 Å². The molecule has 0 radical (unpaired) electrons. The molecule has 1 N–H and O–H groups in total. The molecule has 0 saturated carbocycles. The second-order valence-corrected chi connectivity index (χ2v) is 5.38. The zero-order valence-corrected chi connectivity index (χ0v) is 12.5. The van der Waals surface area contributed by atoms with Crippen molar-refractivity contribution in [3.8, 4) is 0 Å². The first-order chi connectivity index (χ1) is 8.72. The maximum atomic E-state index is 6.16. The lowest BCUT2D eigenvalue weighted by atomic mass is 10.0. The van der Waals surface area contributed by atoms with Crippen LogP contribution in [0, 0.1) is 0 Å². The van der Waals surface area contributed by atoms with E-state index < -0.39 is 0 Å². The van der Waals surface area contributed by atoms with E-state index in [0.29, 0.717) is 0 Å². The van der Waals surface area contributed by atoms with Crippen molar-refractivity contribution >= 4 is 27.5 Å². The third kappa shape index (κ3) is 3.16. The smallest absolute Gasteiger partial charge is 0.0953 e. The number of hydrogen-bond donors (Lipinski definition) is 1. The van der Waals surface area contributed by atoms with Gasteiger partial charge in [-0.1, -0.05) is 24.6 Å². The SMILES string of the molecule is CCCNC(c1ccoc1)c1ccc(Br)c(Cl)c1. The lowest BCUT2D eigenvalue weighted by Crippen LogP contribution is -2.22. The van der Waals surface area contributed by atoms with Gasteiger partial charge in [-0.25, -0.2) is 0 Å². The Kier molecular flexibility index (Phi) is 4.87. The van der Waals surface area contributed by atoms with E-state index in [1.807, 2.05) is 18.2 Å². The van der Waals surface area contributed by atoms with Gasteiger partial charge in [-0.2, -0.15) is 0 Å². The van der Waals surface area contributed by atoms with Gasteiger partial charge < -0.3 is 9.73 Å². The first kappa shape index (κ1) is 13.7. The molecule has 0 saturated heterocycles. The molecule has 0 bridgehead atoms. The minimum atomic E-state index is 0.120. The molecular formula is C14H15BrClNO. The van der Waals surface area contributed by atoms with Crippen LogP contribution in [-0.4, -0.2) is 6.54 Å². The highest BCUT2D eigenvalue weighted by molar-refractivity contribution is 9.10. The summed E-state index contributed by atoms with van der Waals surface area (Å²) < 4.78 is 6.08. The molecule has 96 valence electrons. The predicted octanol–water partition coefficient (Wildman–Crippen LogP) is 4.78. The molecule has 1 aromatic heterocycles. The number of hydrogen-bond acceptors (Lipinski definition) is 2. The zero-order valence-electron chi connectivity index (χ0n) is 10.1. The number of rotatable bonds is 5. The lowest BCUT2D eigenvalue weighted by molar-refractivity contribution is 0.548. The maximum absolute atomic E-state index is 6.16. The summed E-state index contributed by atoms with van der Waals surface area (Å²) in [6.45, 7) is 3.09. The van der Waals surface area contributed by atoms with Crippen molar-refractivity contribution in [3.05, 3.63) is 57.4 Å². The number of furan rings is 1.